The number of rotatable bonds is 4. The lowest BCUT2D eigenvalue weighted by Gasteiger charge is -2.25. The number of hydrogen-bond donors (Lipinski definition) is 2. The molecule has 1 rings (SSSR count). The lowest BCUT2D eigenvalue weighted by molar-refractivity contribution is -0.0569. The Morgan fingerprint density at radius 1 is 1.54 bits per heavy atom. The van der Waals surface area contributed by atoms with E-state index in [2.05, 4.69) is 0 Å². The molecule has 0 aliphatic carbocycles. The molecule has 0 aromatic carbocycles. The number of hydrogen-bond acceptors (Lipinski definition) is 3. The predicted molar refractivity (Wildman–Crippen MR) is 50.5 cm³/mol. The highest BCUT2D eigenvalue weighted by atomic mass is 16.5. The van der Waals surface area contributed by atoms with Gasteiger partial charge in [-0.15, -0.1) is 0 Å². The lowest BCUT2D eigenvalue weighted by atomic mass is 9.96. The average Bonchev–Trinajstić information content (AvgIpc) is 2.50. The Kier molecular flexibility index (Phi) is 3.71. The standard InChI is InChI=1S/C10H20O3/c1-10(2,12)9(11)6-5-8-4-3-7-13-8/h8-9,11-12H,3-7H2,1-2H3. The minimum absolute atomic E-state index is 0.303. The monoisotopic (exact) mass is 188 g/mol. The molecule has 1 heterocycles. The summed E-state index contributed by atoms with van der Waals surface area (Å²) in [6.07, 6.45) is 3.36. The van der Waals surface area contributed by atoms with E-state index < -0.39 is 11.7 Å². The molecule has 2 N–H and O–H groups in total. The summed E-state index contributed by atoms with van der Waals surface area (Å²) < 4.78 is 5.42. The summed E-state index contributed by atoms with van der Waals surface area (Å²) >= 11 is 0. The highest BCUT2D eigenvalue weighted by Crippen LogP contribution is 2.20. The minimum Gasteiger partial charge on any atom is -0.390 e. The molecule has 2 atom stereocenters. The van der Waals surface area contributed by atoms with Crippen molar-refractivity contribution in [1.82, 2.24) is 0 Å². The van der Waals surface area contributed by atoms with Crippen molar-refractivity contribution in [3.8, 4) is 0 Å². The van der Waals surface area contributed by atoms with Crippen molar-refractivity contribution in [3.05, 3.63) is 0 Å². The first-order chi connectivity index (χ1) is 6.00. The summed E-state index contributed by atoms with van der Waals surface area (Å²) in [6, 6.07) is 0. The van der Waals surface area contributed by atoms with Gasteiger partial charge in [0.1, 0.15) is 0 Å². The molecule has 0 amide bonds. The third-order valence-corrected chi connectivity index (χ3v) is 2.60. The highest BCUT2D eigenvalue weighted by Gasteiger charge is 2.26. The zero-order valence-corrected chi connectivity index (χ0v) is 8.49. The van der Waals surface area contributed by atoms with Crippen molar-refractivity contribution < 1.29 is 14.9 Å². The predicted octanol–water partition coefficient (Wildman–Crippen LogP) is 1.08. The fourth-order valence-electron chi connectivity index (χ4n) is 1.57. The Morgan fingerprint density at radius 3 is 2.69 bits per heavy atom. The normalized spacial score (nSPS) is 26.3. The molecule has 3 heteroatoms. The number of ether oxygens (including phenoxy) is 1. The Hall–Kier alpha value is -0.120. The van der Waals surface area contributed by atoms with E-state index in [0.29, 0.717) is 12.5 Å². The molecule has 1 aliphatic rings. The van der Waals surface area contributed by atoms with E-state index in [-0.39, 0.29) is 0 Å². The van der Waals surface area contributed by atoms with Crippen LogP contribution in [-0.4, -0.2) is 34.6 Å². The van der Waals surface area contributed by atoms with Crippen LogP contribution in [0.25, 0.3) is 0 Å². The summed E-state index contributed by atoms with van der Waals surface area (Å²) in [5.74, 6) is 0. The van der Waals surface area contributed by atoms with Crippen LogP contribution in [0, 0.1) is 0 Å². The van der Waals surface area contributed by atoms with Crippen LogP contribution in [0.15, 0.2) is 0 Å². The topological polar surface area (TPSA) is 49.7 Å². The van der Waals surface area contributed by atoms with Gasteiger partial charge in [0.25, 0.3) is 0 Å². The Morgan fingerprint density at radius 2 is 2.23 bits per heavy atom. The van der Waals surface area contributed by atoms with Crippen molar-refractivity contribution in [2.24, 2.45) is 0 Å². The SMILES string of the molecule is CC(C)(O)C(O)CCC1CCCO1. The molecule has 78 valence electrons. The van der Waals surface area contributed by atoms with Crippen molar-refractivity contribution in [2.45, 2.75) is 57.3 Å². The van der Waals surface area contributed by atoms with Gasteiger partial charge in [-0.25, -0.2) is 0 Å². The molecular weight excluding hydrogens is 168 g/mol. The van der Waals surface area contributed by atoms with Crippen LogP contribution in [0.2, 0.25) is 0 Å². The third-order valence-electron chi connectivity index (χ3n) is 2.60. The molecule has 0 aromatic heterocycles. The first-order valence-corrected chi connectivity index (χ1v) is 5.02. The van der Waals surface area contributed by atoms with Gasteiger partial charge in [-0.3, -0.25) is 0 Å². The summed E-state index contributed by atoms with van der Waals surface area (Å²) in [6.45, 7) is 4.11. The van der Waals surface area contributed by atoms with Crippen molar-refractivity contribution in [3.63, 3.8) is 0 Å². The molecule has 0 spiro atoms. The second kappa shape index (κ2) is 4.40. The van der Waals surface area contributed by atoms with Crippen LogP contribution in [0.3, 0.4) is 0 Å². The molecule has 13 heavy (non-hydrogen) atoms. The van der Waals surface area contributed by atoms with E-state index >= 15 is 0 Å². The molecule has 1 fully saturated rings. The van der Waals surface area contributed by atoms with Crippen LogP contribution in [0.1, 0.15) is 39.5 Å². The molecule has 3 nitrogen and oxygen atoms in total. The molecule has 0 radical (unpaired) electrons. The van der Waals surface area contributed by atoms with E-state index in [0.717, 1.165) is 25.9 Å². The molecule has 1 saturated heterocycles. The van der Waals surface area contributed by atoms with Gasteiger partial charge in [0, 0.05) is 6.61 Å². The van der Waals surface area contributed by atoms with Gasteiger partial charge in [0.05, 0.1) is 17.8 Å². The minimum atomic E-state index is -0.987. The molecule has 0 aromatic rings. The van der Waals surface area contributed by atoms with E-state index in [1.807, 2.05) is 0 Å². The van der Waals surface area contributed by atoms with Crippen LogP contribution in [-0.2, 0) is 4.74 Å². The van der Waals surface area contributed by atoms with E-state index in [9.17, 15) is 10.2 Å². The third kappa shape index (κ3) is 3.63. The molecule has 0 bridgehead atoms. The van der Waals surface area contributed by atoms with Crippen molar-refractivity contribution in [1.29, 1.82) is 0 Å². The Bertz CT molecular complexity index is 145. The van der Waals surface area contributed by atoms with Crippen molar-refractivity contribution >= 4 is 0 Å². The lowest BCUT2D eigenvalue weighted by Crippen LogP contribution is -2.36. The second-order valence-corrected chi connectivity index (χ2v) is 4.38. The van der Waals surface area contributed by atoms with Crippen LogP contribution in [0.5, 0.6) is 0 Å². The summed E-state index contributed by atoms with van der Waals surface area (Å²) in [7, 11) is 0. The number of aliphatic hydroxyl groups excluding tert-OH is 1. The van der Waals surface area contributed by atoms with Gasteiger partial charge in [-0.1, -0.05) is 0 Å². The van der Waals surface area contributed by atoms with E-state index in [1.165, 1.54) is 0 Å². The fourth-order valence-corrected chi connectivity index (χ4v) is 1.57. The zero-order valence-electron chi connectivity index (χ0n) is 8.49. The maximum absolute atomic E-state index is 9.54. The van der Waals surface area contributed by atoms with Gasteiger partial charge in [-0.05, 0) is 39.5 Å². The first kappa shape index (κ1) is 11.0. The van der Waals surface area contributed by atoms with Crippen LogP contribution < -0.4 is 0 Å². The number of aliphatic hydroxyl groups is 2. The first-order valence-electron chi connectivity index (χ1n) is 5.02. The largest absolute Gasteiger partial charge is 0.390 e. The molecule has 1 aliphatic heterocycles. The summed E-state index contributed by atoms with van der Waals surface area (Å²) in [5, 5.41) is 19.0. The molecule has 2 unspecified atom stereocenters. The fraction of sp³-hybridized carbons (Fsp3) is 1.00. The summed E-state index contributed by atoms with van der Waals surface area (Å²) in [5.41, 5.74) is -0.987. The Labute approximate surface area is 79.7 Å². The Balaban J connectivity index is 2.17. The van der Waals surface area contributed by atoms with E-state index in [1.54, 1.807) is 13.8 Å². The highest BCUT2D eigenvalue weighted by molar-refractivity contribution is 4.78. The van der Waals surface area contributed by atoms with Crippen molar-refractivity contribution in [2.75, 3.05) is 6.61 Å². The molecular formula is C10H20O3. The van der Waals surface area contributed by atoms with Gasteiger partial charge in [-0.2, -0.15) is 0 Å². The van der Waals surface area contributed by atoms with Crippen LogP contribution >= 0.6 is 0 Å². The maximum atomic E-state index is 9.54. The smallest absolute Gasteiger partial charge is 0.0849 e. The van der Waals surface area contributed by atoms with Crippen LogP contribution in [0.4, 0.5) is 0 Å². The second-order valence-electron chi connectivity index (χ2n) is 4.38. The van der Waals surface area contributed by atoms with Gasteiger partial charge < -0.3 is 14.9 Å². The maximum Gasteiger partial charge on any atom is 0.0849 e. The average molecular weight is 188 g/mol. The van der Waals surface area contributed by atoms with Gasteiger partial charge in [0.2, 0.25) is 0 Å². The summed E-state index contributed by atoms with van der Waals surface area (Å²) in [4.78, 5) is 0. The van der Waals surface area contributed by atoms with E-state index in [4.69, 9.17) is 4.74 Å². The van der Waals surface area contributed by atoms with Gasteiger partial charge >= 0.3 is 0 Å². The van der Waals surface area contributed by atoms with Gasteiger partial charge in [0.15, 0.2) is 0 Å². The zero-order chi connectivity index (χ0) is 9.90. The molecule has 0 saturated carbocycles. The quantitative estimate of drug-likeness (QED) is 0.694.